The van der Waals surface area contributed by atoms with Gasteiger partial charge in [0.15, 0.2) is 18.0 Å². The fraction of sp³-hybridized carbons (Fsp3) is 1.00. The summed E-state index contributed by atoms with van der Waals surface area (Å²) in [5.41, 5.74) is 0. The van der Waals surface area contributed by atoms with Gasteiger partial charge >= 0.3 is 0 Å². The molecule has 8 N–H and O–H groups in total. The predicted octanol–water partition coefficient (Wildman–Crippen LogP) is -5.65. The molecule has 0 aromatic carbocycles. The minimum absolute atomic E-state index is 0.0252. The Labute approximate surface area is 141 Å². The summed E-state index contributed by atoms with van der Waals surface area (Å²) in [6.45, 7) is -1.22. The summed E-state index contributed by atoms with van der Waals surface area (Å²) in [5.74, 6) is -0.265. The van der Waals surface area contributed by atoms with Gasteiger partial charge in [-0.05, 0) is 0 Å². The highest BCUT2D eigenvalue weighted by Crippen LogP contribution is 2.26. The fourth-order valence-corrected chi connectivity index (χ4v) is 5.63. The lowest BCUT2D eigenvalue weighted by Crippen LogP contribution is -2.51. The SMILES string of the molecule is O=S(=O)([O-])O[C@H]([C@H](O)[C@@H](O)C[OH2+])[C@H](O)C[S+]1C[C@@H](O)[C@H](O)[C@H]1CO. The Morgan fingerprint density at radius 2 is 1.83 bits per heavy atom. The van der Waals surface area contributed by atoms with E-state index in [0.717, 1.165) is 0 Å². The second-order valence-electron chi connectivity index (χ2n) is 5.45. The number of hydrogen-bond acceptors (Lipinski definition) is 10. The van der Waals surface area contributed by atoms with Gasteiger partial charge in [-0.1, -0.05) is 0 Å². The molecule has 0 aromatic rings. The molecule has 8 atom stereocenters. The first-order valence-electron chi connectivity index (χ1n) is 6.98. The van der Waals surface area contributed by atoms with Crippen LogP contribution in [0.1, 0.15) is 0 Å². The number of rotatable bonds is 9. The lowest BCUT2D eigenvalue weighted by molar-refractivity contribution is -0.100. The molecule has 0 spiro atoms. The molecule has 1 rings (SSSR count). The summed E-state index contributed by atoms with van der Waals surface area (Å²) in [7, 11) is -6.27. The van der Waals surface area contributed by atoms with Gasteiger partial charge in [-0.15, -0.1) is 0 Å². The van der Waals surface area contributed by atoms with E-state index in [1.165, 1.54) is 0 Å². The average molecular weight is 395 g/mol. The van der Waals surface area contributed by atoms with Crippen LogP contribution in [-0.2, 0) is 25.5 Å². The van der Waals surface area contributed by atoms with Crippen molar-refractivity contribution in [2.24, 2.45) is 0 Å². The molecule has 1 fully saturated rings. The average Bonchev–Trinajstić information content (AvgIpc) is 2.76. The maximum Gasteiger partial charge on any atom is 0.218 e. The zero-order valence-electron chi connectivity index (χ0n) is 12.5. The van der Waals surface area contributed by atoms with Crippen LogP contribution in [0.4, 0.5) is 0 Å². The van der Waals surface area contributed by atoms with E-state index in [2.05, 4.69) is 4.18 Å². The van der Waals surface area contributed by atoms with Crippen molar-refractivity contribution in [1.29, 1.82) is 0 Å². The first-order valence-corrected chi connectivity index (χ1v) is 9.94. The van der Waals surface area contributed by atoms with Crippen molar-refractivity contribution in [1.82, 2.24) is 0 Å². The molecular formula is C11H23O11S2+. The third kappa shape index (κ3) is 5.74. The van der Waals surface area contributed by atoms with Gasteiger partial charge < -0.3 is 40.3 Å². The van der Waals surface area contributed by atoms with Crippen LogP contribution >= 0.6 is 0 Å². The van der Waals surface area contributed by atoms with Crippen LogP contribution in [0, 0.1) is 0 Å². The van der Waals surface area contributed by atoms with Crippen LogP contribution in [0.5, 0.6) is 0 Å². The number of aliphatic hydroxyl groups is 6. The maximum atomic E-state index is 10.8. The van der Waals surface area contributed by atoms with Crippen molar-refractivity contribution in [3.63, 3.8) is 0 Å². The van der Waals surface area contributed by atoms with E-state index in [-0.39, 0.29) is 11.5 Å². The van der Waals surface area contributed by atoms with Gasteiger partial charge in [-0.25, -0.2) is 8.42 Å². The Balaban J connectivity index is 2.89. The number of aliphatic hydroxyl groups excluding tert-OH is 6. The summed E-state index contributed by atoms with van der Waals surface area (Å²) in [5, 5.41) is 64.2. The molecule has 1 aliphatic heterocycles. The van der Waals surface area contributed by atoms with Crippen LogP contribution in [0.2, 0.25) is 0 Å². The Hall–Kier alpha value is -0.0600. The zero-order chi connectivity index (χ0) is 18.7. The van der Waals surface area contributed by atoms with E-state index in [0.29, 0.717) is 0 Å². The van der Waals surface area contributed by atoms with Gasteiger partial charge in [-0.2, -0.15) is 0 Å². The van der Waals surface area contributed by atoms with E-state index in [1.54, 1.807) is 0 Å². The van der Waals surface area contributed by atoms with E-state index in [4.69, 9.17) is 5.11 Å². The van der Waals surface area contributed by atoms with Gasteiger partial charge in [-0.3, -0.25) is 4.18 Å². The summed E-state index contributed by atoms with van der Waals surface area (Å²) >= 11 is 0. The summed E-state index contributed by atoms with van der Waals surface area (Å²) < 4.78 is 36.4. The molecule has 0 radical (unpaired) electrons. The molecule has 0 saturated carbocycles. The zero-order valence-corrected chi connectivity index (χ0v) is 14.1. The summed E-state index contributed by atoms with van der Waals surface area (Å²) in [6, 6.07) is 0. The molecule has 144 valence electrons. The molecule has 1 heterocycles. The molecule has 1 aliphatic rings. The summed E-state index contributed by atoms with van der Waals surface area (Å²) in [4.78, 5) is 0. The minimum atomic E-state index is -5.32. The Morgan fingerprint density at radius 3 is 2.29 bits per heavy atom. The maximum absolute atomic E-state index is 10.8. The minimum Gasteiger partial charge on any atom is -0.726 e. The van der Waals surface area contributed by atoms with Crippen LogP contribution in [-0.4, -0.2) is 115 Å². The second-order valence-corrected chi connectivity index (χ2v) is 8.80. The van der Waals surface area contributed by atoms with Crippen LogP contribution < -0.4 is 0 Å². The molecule has 13 heteroatoms. The molecule has 0 aromatic heterocycles. The van der Waals surface area contributed by atoms with Crippen molar-refractivity contribution in [3.05, 3.63) is 0 Å². The lowest BCUT2D eigenvalue weighted by atomic mass is 10.0. The standard InChI is InChI=1S/C11H22O11S2/c12-1-5(14)10(18)11(22-24(19,20)21)7(16)4-23-3-6(15)9(17)8(23)2-13/h5-18H,1-4H2/p+1/t5-,6+,7+,8+,9-,10+,11-,23?/m0/s1. The first-order chi connectivity index (χ1) is 11.0. The van der Waals surface area contributed by atoms with Crippen molar-refractivity contribution >= 4 is 21.3 Å². The van der Waals surface area contributed by atoms with Gasteiger partial charge in [0.05, 0.1) is 6.61 Å². The van der Waals surface area contributed by atoms with Crippen LogP contribution in [0.3, 0.4) is 0 Å². The Kier molecular flexibility index (Phi) is 8.28. The van der Waals surface area contributed by atoms with Gasteiger partial charge in [0.1, 0.15) is 42.0 Å². The Bertz CT molecular complexity index is 486. The van der Waals surface area contributed by atoms with Crippen molar-refractivity contribution in [2.45, 2.75) is 41.9 Å². The van der Waals surface area contributed by atoms with Crippen LogP contribution in [0.15, 0.2) is 0 Å². The highest BCUT2D eigenvalue weighted by Gasteiger charge is 2.51. The van der Waals surface area contributed by atoms with Crippen molar-refractivity contribution < 1.29 is 52.9 Å². The van der Waals surface area contributed by atoms with Gasteiger partial charge in [0.2, 0.25) is 10.4 Å². The molecule has 1 unspecified atom stereocenters. The van der Waals surface area contributed by atoms with E-state index in [9.17, 15) is 43.6 Å². The smallest absolute Gasteiger partial charge is 0.218 e. The number of hydrogen-bond donors (Lipinski definition) is 6. The monoisotopic (exact) mass is 395 g/mol. The summed E-state index contributed by atoms with van der Waals surface area (Å²) in [6.07, 6.45) is -9.91. The normalized spacial score (nSPS) is 33.2. The molecule has 24 heavy (non-hydrogen) atoms. The molecule has 0 aliphatic carbocycles. The largest absolute Gasteiger partial charge is 0.726 e. The molecule has 11 nitrogen and oxygen atoms in total. The third-order valence-electron chi connectivity index (χ3n) is 3.70. The van der Waals surface area contributed by atoms with Crippen molar-refractivity contribution in [2.75, 3.05) is 24.7 Å². The quantitative estimate of drug-likeness (QED) is 0.124. The second kappa shape index (κ2) is 9.05. The highest BCUT2D eigenvalue weighted by molar-refractivity contribution is 7.97. The molecule has 1 saturated heterocycles. The molecule has 0 bridgehead atoms. The Morgan fingerprint density at radius 1 is 1.25 bits per heavy atom. The van der Waals surface area contributed by atoms with Crippen molar-refractivity contribution in [3.8, 4) is 0 Å². The highest BCUT2D eigenvalue weighted by atomic mass is 32.3. The lowest BCUT2D eigenvalue weighted by Gasteiger charge is -2.29. The van der Waals surface area contributed by atoms with Gasteiger partial charge in [0, 0.05) is 10.9 Å². The predicted molar refractivity (Wildman–Crippen MR) is 81.1 cm³/mol. The molecular weight excluding hydrogens is 372 g/mol. The topological polar surface area (TPSA) is 211 Å². The van der Waals surface area contributed by atoms with Crippen LogP contribution in [0.25, 0.3) is 0 Å². The van der Waals surface area contributed by atoms with E-state index in [1.807, 2.05) is 0 Å². The molecule has 0 amide bonds. The van der Waals surface area contributed by atoms with Gasteiger partial charge in [0.25, 0.3) is 0 Å². The third-order valence-corrected chi connectivity index (χ3v) is 6.98. The van der Waals surface area contributed by atoms with E-state index < -0.39 is 76.4 Å². The fourth-order valence-electron chi connectivity index (χ4n) is 2.43. The first kappa shape index (κ1) is 22.0. The van der Waals surface area contributed by atoms with E-state index >= 15 is 0 Å².